The standard InChI is InChI=1S/C19H29N3O3S/c1-25-16-3-5-17(6-4-16)26(23,24)22-10-8-15(9-11-22)21-12-14-2-7-19(20)18(14)13-21/h3-6,14-15,18-19H,2,7-13,20H2,1H3. The van der Waals surface area contributed by atoms with Gasteiger partial charge in [0.1, 0.15) is 5.75 Å². The van der Waals surface area contributed by atoms with Crippen molar-refractivity contribution in [1.82, 2.24) is 9.21 Å². The summed E-state index contributed by atoms with van der Waals surface area (Å²) in [6.07, 6.45) is 4.24. The monoisotopic (exact) mass is 379 g/mol. The van der Waals surface area contributed by atoms with Crippen LogP contribution in [0.3, 0.4) is 0 Å². The normalized spacial score (nSPS) is 31.2. The number of likely N-dealkylation sites (tertiary alicyclic amines) is 1. The van der Waals surface area contributed by atoms with Crippen molar-refractivity contribution in [2.75, 3.05) is 33.3 Å². The molecule has 1 aliphatic carbocycles. The maximum absolute atomic E-state index is 12.9. The predicted octanol–water partition coefficient (Wildman–Crippen LogP) is 1.52. The van der Waals surface area contributed by atoms with Gasteiger partial charge in [0.15, 0.2) is 0 Å². The minimum Gasteiger partial charge on any atom is -0.497 e. The van der Waals surface area contributed by atoms with Gasteiger partial charge in [0.2, 0.25) is 10.0 Å². The van der Waals surface area contributed by atoms with Gasteiger partial charge in [-0.2, -0.15) is 4.31 Å². The first-order chi connectivity index (χ1) is 12.5. The van der Waals surface area contributed by atoms with Crippen LogP contribution in [0, 0.1) is 11.8 Å². The van der Waals surface area contributed by atoms with Crippen molar-refractivity contribution in [3.05, 3.63) is 24.3 Å². The van der Waals surface area contributed by atoms with E-state index >= 15 is 0 Å². The van der Waals surface area contributed by atoms with Crippen molar-refractivity contribution >= 4 is 10.0 Å². The Morgan fingerprint density at radius 2 is 1.73 bits per heavy atom. The van der Waals surface area contributed by atoms with Crippen molar-refractivity contribution < 1.29 is 13.2 Å². The third-order valence-electron chi connectivity index (χ3n) is 6.58. The van der Waals surface area contributed by atoms with Crippen LogP contribution in [0.4, 0.5) is 0 Å². The van der Waals surface area contributed by atoms with E-state index in [1.807, 2.05) is 0 Å². The zero-order valence-electron chi connectivity index (χ0n) is 15.4. The Hall–Kier alpha value is -1.15. The molecule has 26 heavy (non-hydrogen) atoms. The molecule has 3 atom stereocenters. The Labute approximate surface area is 156 Å². The summed E-state index contributed by atoms with van der Waals surface area (Å²) in [5.41, 5.74) is 6.25. The van der Waals surface area contributed by atoms with Gasteiger partial charge in [-0.15, -0.1) is 0 Å². The lowest BCUT2D eigenvalue weighted by atomic mass is 9.98. The molecule has 0 radical (unpaired) electrons. The maximum atomic E-state index is 12.9. The van der Waals surface area contributed by atoms with Gasteiger partial charge in [-0.1, -0.05) is 0 Å². The van der Waals surface area contributed by atoms with Gasteiger partial charge in [0.05, 0.1) is 12.0 Å². The summed E-state index contributed by atoms with van der Waals surface area (Å²) in [4.78, 5) is 2.92. The smallest absolute Gasteiger partial charge is 0.243 e. The molecule has 3 unspecified atom stereocenters. The number of hydrogen-bond acceptors (Lipinski definition) is 5. The van der Waals surface area contributed by atoms with Crippen LogP contribution in [0.15, 0.2) is 29.2 Å². The van der Waals surface area contributed by atoms with Gasteiger partial charge in [-0.25, -0.2) is 8.42 Å². The molecule has 1 aromatic carbocycles. The number of methoxy groups -OCH3 is 1. The van der Waals surface area contributed by atoms with Crippen molar-refractivity contribution in [3.8, 4) is 5.75 Å². The molecule has 0 amide bonds. The lowest BCUT2D eigenvalue weighted by Gasteiger charge is -2.36. The highest BCUT2D eigenvalue weighted by Gasteiger charge is 2.43. The van der Waals surface area contributed by atoms with E-state index in [0.717, 1.165) is 31.8 Å². The lowest BCUT2D eigenvalue weighted by Crippen LogP contribution is -2.46. The molecular formula is C19H29N3O3S. The Morgan fingerprint density at radius 3 is 2.35 bits per heavy atom. The largest absolute Gasteiger partial charge is 0.497 e. The zero-order chi connectivity index (χ0) is 18.3. The first-order valence-electron chi connectivity index (χ1n) is 9.63. The number of hydrogen-bond donors (Lipinski definition) is 1. The maximum Gasteiger partial charge on any atom is 0.243 e. The molecule has 1 aromatic rings. The van der Waals surface area contributed by atoms with Gasteiger partial charge in [-0.3, -0.25) is 4.90 Å². The Bertz CT molecular complexity index is 729. The molecule has 6 nitrogen and oxygen atoms in total. The molecule has 0 bridgehead atoms. The summed E-state index contributed by atoms with van der Waals surface area (Å²) in [5, 5.41) is 0. The van der Waals surface area contributed by atoms with Gasteiger partial charge < -0.3 is 10.5 Å². The zero-order valence-corrected chi connectivity index (χ0v) is 16.2. The van der Waals surface area contributed by atoms with Crippen LogP contribution in [0.1, 0.15) is 25.7 Å². The summed E-state index contributed by atoms with van der Waals surface area (Å²) in [6, 6.07) is 7.51. The van der Waals surface area contributed by atoms with E-state index in [1.54, 1.807) is 35.7 Å². The second-order valence-electron chi connectivity index (χ2n) is 7.93. The third-order valence-corrected chi connectivity index (χ3v) is 8.49. The van der Waals surface area contributed by atoms with Gasteiger partial charge >= 0.3 is 0 Å². The number of benzene rings is 1. The van der Waals surface area contributed by atoms with Crippen LogP contribution in [0.25, 0.3) is 0 Å². The molecule has 7 heteroatoms. The topological polar surface area (TPSA) is 75.9 Å². The van der Waals surface area contributed by atoms with E-state index in [1.165, 1.54) is 12.8 Å². The molecule has 2 heterocycles. The second kappa shape index (κ2) is 7.11. The van der Waals surface area contributed by atoms with E-state index in [9.17, 15) is 8.42 Å². The molecular weight excluding hydrogens is 350 g/mol. The van der Waals surface area contributed by atoms with Crippen LogP contribution in [0.5, 0.6) is 5.75 Å². The number of nitrogens with two attached hydrogens (primary N) is 1. The number of nitrogens with zero attached hydrogens (tertiary/aromatic N) is 2. The molecule has 2 aliphatic heterocycles. The van der Waals surface area contributed by atoms with Crippen LogP contribution >= 0.6 is 0 Å². The number of piperidine rings is 1. The van der Waals surface area contributed by atoms with Crippen molar-refractivity contribution in [1.29, 1.82) is 0 Å². The number of rotatable bonds is 4. The Morgan fingerprint density at radius 1 is 1.04 bits per heavy atom. The minimum absolute atomic E-state index is 0.346. The molecule has 4 rings (SSSR count). The average Bonchev–Trinajstić information content (AvgIpc) is 3.24. The summed E-state index contributed by atoms with van der Waals surface area (Å²) >= 11 is 0. The quantitative estimate of drug-likeness (QED) is 0.858. The fraction of sp³-hybridized carbons (Fsp3) is 0.684. The van der Waals surface area contributed by atoms with Gasteiger partial charge in [0.25, 0.3) is 0 Å². The number of sulfonamides is 1. The van der Waals surface area contributed by atoms with E-state index in [0.29, 0.717) is 41.7 Å². The molecule has 2 saturated heterocycles. The van der Waals surface area contributed by atoms with Crippen LogP contribution in [0.2, 0.25) is 0 Å². The Kier molecular flexibility index (Phi) is 4.98. The number of fused-ring (bicyclic) bond motifs is 1. The second-order valence-corrected chi connectivity index (χ2v) is 9.87. The van der Waals surface area contributed by atoms with Gasteiger partial charge in [0, 0.05) is 38.3 Å². The highest BCUT2D eigenvalue weighted by atomic mass is 32.2. The number of ether oxygens (including phenoxy) is 1. The first kappa shape index (κ1) is 18.2. The lowest BCUT2D eigenvalue weighted by molar-refractivity contribution is 0.156. The molecule has 3 fully saturated rings. The molecule has 2 N–H and O–H groups in total. The summed E-state index contributed by atoms with van der Waals surface area (Å²) in [7, 11) is -1.84. The molecule has 0 spiro atoms. The van der Waals surface area contributed by atoms with E-state index in [2.05, 4.69) is 4.90 Å². The third kappa shape index (κ3) is 3.26. The average molecular weight is 380 g/mol. The molecule has 1 saturated carbocycles. The van der Waals surface area contributed by atoms with E-state index in [-0.39, 0.29) is 0 Å². The van der Waals surface area contributed by atoms with Crippen molar-refractivity contribution in [2.24, 2.45) is 17.6 Å². The van der Waals surface area contributed by atoms with E-state index in [4.69, 9.17) is 10.5 Å². The first-order valence-corrected chi connectivity index (χ1v) is 11.1. The molecule has 144 valence electrons. The predicted molar refractivity (Wildman–Crippen MR) is 101 cm³/mol. The van der Waals surface area contributed by atoms with E-state index < -0.39 is 10.0 Å². The van der Waals surface area contributed by atoms with Crippen LogP contribution in [-0.2, 0) is 10.0 Å². The fourth-order valence-electron chi connectivity index (χ4n) is 4.98. The highest BCUT2D eigenvalue weighted by Crippen LogP contribution is 2.39. The van der Waals surface area contributed by atoms with Crippen LogP contribution < -0.4 is 10.5 Å². The molecule has 3 aliphatic rings. The summed E-state index contributed by atoms with van der Waals surface area (Å²) in [6.45, 7) is 3.43. The van der Waals surface area contributed by atoms with Gasteiger partial charge in [-0.05, 0) is 61.8 Å². The summed E-state index contributed by atoms with van der Waals surface area (Å²) in [5.74, 6) is 2.07. The summed E-state index contributed by atoms with van der Waals surface area (Å²) < 4.78 is 32.5. The SMILES string of the molecule is COc1ccc(S(=O)(=O)N2CCC(N3CC4CCC(N)C4C3)CC2)cc1. The highest BCUT2D eigenvalue weighted by molar-refractivity contribution is 7.89. The minimum atomic E-state index is -3.42. The van der Waals surface area contributed by atoms with Crippen LogP contribution in [-0.4, -0.2) is 63.0 Å². The Balaban J connectivity index is 1.37. The molecule has 0 aromatic heterocycles. The fourth-order valence-corrected chi connectivity index (χ4v) is 6.45. The van der Waals surface area contributed by atoms with Crippen molar-refractivity contribution in [2.45, 2.75) is 42.7 Å². The van der Waals surface area contributed by atoms with Crippen molar-refractivity contribution in [3.63, 3.8) is 0 Å².